The number of hydrogen-bond donors (Lipinski definition) is 2. The van der Waals surface area contributed by atoms with Gasteiger partial charge in [-0.15, -0.1) is 11.3 Å². The molecule has 0 aliphatic rings. The lowest BCUT2D eigenvalue weighted by molar-refractivity contribution is 0.149. The number of aliphatic hydroxyl groups excluding tert-OH is 1. The van der Waals surface area contributed by atoms with E-state index in [0.29, 0.717) is 5.69 Å². The van der Waals surface area contributed by atoms with Gasteiger partial charge in [-0.25, -0.2) is 4.98 Å². The van der Waals surface area contributed by atoms with E-state index >= 15 is 0 Å². The second kappa shape index (κ2) is 3.30. The zero-order chi connectivity index (χ0) is 8.43. The lowest BCUT2D eigenvalue weighted by Crippen LogP contribution is -2.25. The molecule has 1 aromatic rings. The molecule has 0 saturated carbocycles. The molecule has 0 aromatic carbocycles. The fourth-order valence-electron chi connectivity index (χ4n) is 0.847. The average molecular weight is 172 g/mol. The molecule has 3 N–H and O–H groups in total. The van der Waals surface area contributed by atoms with Gasteiger partial charge in [0.25, 0.3) is 0 Å². The Morgan fingerprint density at radius 1 is 1.73 bits per heavy atom. The van der Waals surface area contributed by atoms with Gasteiger partial charge in [0, 0.05) is 10.9 Å². The quantitative estimate of drug-likeness (QED) is 0.694. The Morgan fingerprint density at radius 3 is 2.73 bits per heavy atom. The van der Waals surface area contributed by atoms with Crippen LogP contribution in [0.15, 0.2) is 5.51 Å². The predicted octanol–water partition coefficient (Wildman–Crippen LogP) is 0.832. The zero-order valence-electron chi connectivity index (χ0n) is 6.61. The highest BCUT2D eigenvalue weighted by atomic mass is 32.1. The number of aromatic nitrogens is 1. The van der Waals surface area contributed by atoms with E-state index < -0.39 is 6.10 Å². The molecule has 2 unspecified atom stereocenters. The Balaban J connectivity index is 2.84. The van der Waals surface area contributed by atoms with Crippen LogP contribution in [0.25, 0.3) is 0 Å². The molecule has 0 amide bonds. The summed E-state index contributed by atoms with van der Waals surface area (Å²) in [6, 6.07) is -0.254. The maximum Gasteiger partial charge on any atom is 0.112 e. The van der Waals surface area contributed by atoms with Crippen molar-refractivity contribution in [2.75, 3.05) is 0 Å². The Bertz CT molecular complexity index is 234. The number of nitrogens with zero attached hydrogens (tertiary/aromatic N) is 1. The fourth-order valence-corrected chi connectivity index (χ4v) is 1.47. The molecular formula is C7H12N2OS. The van der Waals surface area contributed by atoms with Gasteiger partial charge in [-0.05, 0) is 13.8 Å². The van der Waals surface area contributed by atoms with Crippen molar-refractivity contribution in [2.24, 2.45) is 5.73 Å². The molecule has 0 bridgehead atoms. The molecule has 0 saturated heterocycles. The fraction of sp³-hybridized carbons (Fsp3) is 0.571. The van der Waals surface area contributed by atoms with Gasteiger partial charge in [0.05, 0.1) is 11.2 Å². The summed E-state index contributed by atoms with van der Waals surface area (Å²) >= 11 is 1.52. The van der Waals surface area contributed by atoms with Crippen LogP contribution in [0.5, 0.6) is 0 Å². The molecule has 0 aliphatic heterocycles. The lowest BCUT2D eigenvalue weighted by atomic mass is 10.1. The minimum absolute atomic E-state index is 0.254. The second-order valence-electron chi connectivity index (χ2n) is 2.60. The summed E-state index contributed by atoms with van der Waals surface area (Å²) in [5.41, 5.74) is 7.94. The standard InChI is InChI=1S/C7H12N2OS/c1-4(8)7(10)6-5(2)11-3-9-6/h3-4,7,10H,8H2,1-2H3. The third-order valence-electron chi connectivity index (χ3n) is 1.56. The van der Waals surface area contributed by atoms with Crippen LogP contribution in [-0.4, -0.2) is 16.1 Å². The number of aliphatic hydroxyl groups is 1. The molecule has 1 rings (SSSR count). The van der Waals surface area contributed by atoms with Gasteiger partial charge >= 0.3 is 0 Å². The summed E-state index contributed by atoms with van der Waals surface area (Å²) in [7, 11) is 0. The Hall–Kier alpha value is -0.450. The summed E-state index contributed by atoms with van der Waals surface area (Å²) < 4.78 is 0. The second-order valence-corrected chi connectivity index (χ2v) is 3.66. The van der Waals surface area contributed by atoms with Crippen molar-refractivity contribution in [3.05, 3.63) is 16.1 Å². The summed E-state index contributed by atoms with van der Waals surface area (Å²) in [6.07, 6.45) is -0.624. The first-order valence-corrected chi connectivity index (χ1v) is 4.34. The minimum Gasteiger partial charge on any atom is -0.385 e. The van der Waals surface area contributed by atoms with Gasteiger partial charge in [-0.2, -0.15) is 0 Å². The van der Waals surface area contributed by atoms with E-state index in [1.54, 1.807) is 12.4 Å². The smallest absolute Gasteiger partial charge is 0.112 e. The van der Waals surface area contributed by atoms with E-state index in [1.165, 1.54) is 11.3 Å². The van der Waals surface area contributed by atoms with Crippen LogP contribution < -0.4 is 5.73 Å². The maximum atomic E-state index is 9.49. The molecule has 11 heavy (non-hydrogen) atoms. The largest absolute Gasteiger partial charge is 0.385 e. The van der Waals surface area contributed by atoms with E-state index in [4.69, 9.17) is 5.73 Å². The summed E-state index contributed by atoms with van der Waals surface area (Å²) in [4.78, 5) is 5.06. The van der Waals surface area contributed by atoms with E-state index in [9.17, 15) is 5.11 Å². The average Bonchev–Trinajstić information content (AvgIpc) is 2.33. The summed E-state index contributed by atoms with van der Waals surface area (Å²) in [5.74, 6) is 0. The Kier molecular flexibility index (Phi) is 2.59. The van der Waals surface area contributed by atoms with Gasteiger partial charge in [-0.3, -0.25) is 0 Å². The third kappa shape index (κ3) is 1.77. The highest BCUT2D eigenvalue weighted by Crippen LogP contribution is 2.20. The molecule has 3 nitrogen and oxygen atoms in total. The minimum atomic E-state index is -0.624. The maximum absolute atomic E-state index is 9.49. The first-order chi connectivity index (χ1) is 5.13. The van der Waals surface area contributed by atoms with Crippen molar-refractivity contribution in [3.8, 4) is 0 Å². The molecule has 1 heterocycles. The van der Waals surface area contributed by atoms with Crippen LogP contribution in [0.4, 0.5) is 0 Å². The number of aryl methyl sites for hydroxylation is 1. The van der Waals surface area contributed by atoms with E-state index in [2.05, 4.69) is 4.98 Å². The normalized spacial score (nSPS) is 16.4. The molecule has 1 aromatic heterocycles. The zero-order valence-corrected chi connectivity index (χ0v) is 7.43. The molecule has 0 aliphatic carbocycles. The van der Waals surface area contributed by atoms with Crippen LogP contribution in [-0.2, 0) is 0 Å². The first kappa shape index (κ1) is 8.64. The first-order valence-electron chi connectivity index (χ1n) is 3.46. The van der Waals surface area contributed by atoms with E-state index in [0.717, 1.165) is 4.88 Å². The van der Waals surface area contributed by atoms with Crippen LogP contribution in [0.1, 0.15) is 23.6 Å². The summed E-state index contributed by atoms with van der Waals surface area (Å²) in [6.45, 7) is 3.70. The Morgan fingerprint density at radius 2 is 2.36 bits per heavy atom. The molecule has 4 heteroatoms. The van der Waals surface area contributed by atoms with Gasteiger partial charge in [0.15, 0.2) is 0 Å². The highest BCUT2D eigenvalue weighted by molar-refractivity contribution is 7.09. The monoisotopic (exact) mass is 172 g/mol. The van der Waals surface area contributed by atoms with Gasteiger partial charge in [-0.1, -0.05) is 0 Å². The number of hydrogen-bond acceptors (Lipinski definition) is 4. The van der Waals surface area contributed by atoms with Gasteiger partial charge in [0.1, 0.15) is 6.10 Å². The van der Waals surface area contributed by atoms with Crippen LogP contribution in [0.3, 0.4) is 0 Å². The van der Waals surface area contributed by atoms with Crippen LogP contribution in [0.2, 0.25) is 0 Å². The lowest BCUT2D eigenvalue weighted by Gasteiger charge is -2.12. The number of rotatable bonds is 2. The van der Waals surface area contributed by atoms with Crippen molar-refractivity contribution in [1.29, 1.82) is 0 Å². The van der Waals surface area contributed by atoms with Crippen molar-refractivity contribution in [2.45, 2.75) is 26.0 Å². The molecule has 0 spiro atoms. The molecule has 2 atom stereocenters. The summed E-state index contributed by atoms with van der Waals surface area (Å²) in [5, 5.41) is 9.49. The van der Waals surface area contributed by atoms with E-state index in [-0.39, 0.29) is 6.04 Å². The van der Waals surface area contributed by atoms with Crippen molar-refractivity contribution >= 4 is 11.3 Å². The van der Waals surface area contributed by atoms with Crippen LogP contribution >= 0.6 is 11.3 Å². The molecule has 0 fully saturated rings. The van der Waals surface area contributed by atoms with Gasteiger partial charge in [0.2, 0.25) is 0 Å². The van der Waals surface area contributed by atoms with Crippen molar-refractivity contribution in [3.63, 3.8) is 0 Å². The molecule has 62 valence electrons. The number of thiazole rings is 1. The predicted molar refractivity (Wildman–Crippen MR) is 45.5 cm³/mol. The van der Waals surface area contributed by atoms with E-state index in [1.807, 2.05) is 6.92 Å². The highest BCUT2D eigenvalue weighted by Gasteiger charge is 2.16. The van der Waals surface area contributed by atoms with Crippen LogP contribution in [0, 0.1) is 6.92 Å². The SMILES string of the molecule is Cc1scnc1C(O)C(C)N. The van der Waals surface area contributed by atoms with Gasteiger partial charge < -0.3 is 10.8 Å². The number of nitrogens with two attached hydrogens (primary N) is 1. The Labute approximate surface area is 69.9 Å². The topological polar surface area (TPSA) is 59.1 Å². The molecule has 0 radical (unpaired) electrons. The van der Waals surface area contributed by atoms with Crippen molar-refractivity contribution < 1.29 is 5.11 Å². The third-order valence-corrected chi connectivity index (χ3v) is 2.33. The van der Waals surface area contributed by atoms with Crippen molar-refractivity contribution in [1.82, 2.24) is 4.98 Å². The molecular weight excluding hydrogens is 160 g/mol.